The fraction of sp³-hybridized carbons (Fsp3) is 0.812. The third-order valence-corrected chi connectivity index (χ3v) is 25.7. The van der Waals surface area contributed by atoms with E-state index < -0.39 is 27.4 Å². The number of rotatable bonds is 11. The molecule has 1 aromatic rings. The predicted molar refractivity (Wildman–Crippen MR) is 424 cm³/mol. The standard InChI is InChI=1S/C13H18Cl2N2.C11H19NO3.C11H17NO2.C8H15NO3S.C8H13NO2.C8H15NO2.C8H13NO2.C8H17NO.C5H9NO2/c1-8(2)9-3-10(17-5-9)4-11-12(14)6-16-7-13(11)15;1-10(2,14)8-5-7-6-15-11(3,4)12(7)9(8)13;1-7(2)9-5-8-6-14-11(3,4)12(8)10(9)13;1-6(2)7-3-8-5-12-13(10,11)9(8)4-7;1-8(2)9-6(5-11-8)3-4-7(9)10;2*1-5(2)7-3-6(4-10)9-8(7)11;1-6(2)7-3-8(5-10)9-4-7;7-3-4-1-2-5(8)6-4/h6-10,17H,3-5H2,1-2H3;7-8,14H,5-6H2,1-4H3;8H,5-6H2,1-4H3;6-8H,3-5H2,1-2H3;6H,3-5H2,1-2H3;5-7,10H,3-4H2,1-2H3,(H,9,11);6,10H,3-4H2,1-2H3,(H,9,11);6-10H,3-5H2,1-2H3;4,7H,1-3H2,(H,6,8)/t9?,10-;7-,8?;8-;7?,8-;6-;6-,7?;6-;7?,8-;4-/m111111111/s1. The number of hydrogen-bond acceptors (Lipinski definition) is 20. The maximum atomic E-state index is 12.1. The molecular formula is C80H136Cl2N10O17S. The molecule has 13 aliphatic heterocycles. The van der Waals surface area contributed by atoms with Crippen molar-refractivity contribution in [3.05, 3.63) is 50.3 Å². The molecule has 14 heterocycles. The molecule has 5 unspecified atom stereocenters. The van der Waals surface area contributed by atoms with E-state index in [1.54, 1.807) is 31.1 Å². The quantitative estimate of drug-likeness (QED) is 0.0955. The normalized spacial score (nSPS) is 30.9. The second kappa shape index (κ2) is 40.9. The topological polar surface area (TPSA) is 361 Å². The lowest BCUT2D eigenvalue weighted by molar-refractivity contribution is -0.150. The summed E-state index contributed by atoms with van der Waals surface area (Å²) < 4.78 is 45.5. The molecule has 13 saturated heterocycles. The molecular weight excluding hydrogens is 1480 g/mol. The monoisotopic (exact) mass is 1610 g/mol. The van der Waals surface area contributed by atoms with E-state index in [9.17, 15) is 42.3 Å². The Balaban J connectivity index is 0.000000195. The number of aliphatic hydroxyl groups excluding tert-OH is 4. The number of fused-ring (bicyclic) bond motifs is 4. The highest BCUT2D eigenvalue weighted by Crippen LogP contribution is 2.43. The Morgan fingerprint density at radius 1 is 0.573 bits per heavy atom. The molecule has 13 fully saturated rings. The summed E-state index contributed by atoms with van der Waals surface area (Å²) in [6, 6.07) is 1.69. The van der Waals surface area contributed by atoms with Crippen molar-refractivity contribution >= 4 is 68.9 Å². The van der Waals surface area contributed by atoms with Gasteiger partial charge in [-0.2, -0.15) is 12.7 Å². The highest BCUT2D eigenvalue weighted by molar-refractivity contribution is 7.84. The first-order valence-electron chi connectivity index (χ1n) is 39.9. The van der Waals surface area contributed by atoms with Crippen LogP contribution in [0.15, 0.2) is 34.7 Å². The van der Waals surface area contributed by atoms with Gasteiger partial charge in [0.1, 0.15) is 17.2 Å². The van der Waals surface area contributed by atoms with Gasteiger partial charge in [-0.05, 0) is 195 Å². The lowest BCUT2D eigenvalue weighted by Crippen LogP contribution is -2.46. The summed E-state index contributed by atoms with van der Waals surface area (Å²) in [6.07, 6.45) is 13.6. The largest absolute Gasteiger partial charge is 0.395 e. The van der Waals surface area contributed by atoms with Gasteiger partial charge in [0.15, 0.2) is 0 Å². The van der Waals surface area contributed by atoms with Crippen LogP contribution in [0.2, 0.25) is 10.0 Å². The van der Waals surface area contributed by atoms with E-state index in [2.05, 4.69) is 73.1 Å². The Bertz CT molecular complexity index is 3410. The van der Waals surface area contributed by atoms with Crippen LogP contribution in [-0.2, 0) is 63.9 Å². The molecule has 10 N–H and O–H groups in total. The highest BCUT2D eigenvalue weighted by Gasteiger charge is 2.56. The summed E-state index contributed by atoms with van der Waals surface area (Å²) >= 11 is 12.3. The summed E-state index contributed by atoms with van der Waals surface area (Å²) in [7, 11) is -3.36. The summed E-state index contributed by atoms with van der Waals surface area (Å²) in [6.45, 7) is 45.9. The van der Waals surface area contributed by atoms with Gasteiger partial charge in [0, 0.05) is 73.8 Å². The van der Waals surface area contributed by atoms with Gasteiger partial charge >= 0.3 is 10.3 Å². The van der Waals surface area contributed by atoms with E-state index in [1.807, 2.05) is 92.9 Å². The molecule has 0 aromatic carbocycles. The van der Waals surface area contributed by atoms with E-state index in [0.29, 0.717) is 105 Å². The molecule has 6 amide bonds. The average molecular weight is 1610 g/mol. The third kappa shape index (κ3) is 25.3. The zero-order valence-corrected chi connectivity index (χ0v) is 71.7. The summed E-state index contributed by atoms with van der Waals surface area (Å²) in [4.78, 5) is 77.7. The Kier molecular flexibility index (Phi) is 35.1. The van der Waals surface area contributed by atoms with Crippen molar-refractivity contribution in [1.82, 2.24) is 50.6 Å². The molecule has 27 nitrogen and oxygen atoms in total. The fourth-order valence-electron chi connectivity index (χ4n) is 16.4. The average Bonchev–Trinajstić information content (AvgIpc) is 1.60. The fourth-order valence-corrected chi connectivity index (χ4v) is 18.3. The van der Waals surface area contributed by atoms with Crippen LogP contribution in [-0.4, -0.2) is 243 Å². The van der Waals surface area contributed by atoms with E-state index >= 15 is 0 Å². The maximum absolute atomic E-state index is 12.1. The van der Waals surface area contributed by atoms with Crippen LogP contribution in [0.25, 0.3) is 0 Å². The number of halogens is 2. The smallest absolute Gasteiger partial charge is 0.338 e. The maximum Gasteiger partial charge on any atom is 0.338 e. The number of carbonyl (C=O) groups excluding carboxylic acids is 6. The first-order chi connectivity index (χ1) is 51.2. The highest BCUT2D eigenvalue weighted by atomic mass is 35.5. The second-order valence-electron chi connectivity index (χ2n) is 35.4. The lowest BCUT2D eigenvalue weighted by Gasteiger charge is -2.31. The molecule has 110 heavy (non-hydrogen) atoms. The van der Waals surface area contributed by atoms with Crippen LogP contribution in [0, 0.1) is 53.3 Å². The number of hydrogen-bond donors (Lipinski definition) is 10. The Morgan fingerprint density at radius 2 is 1.09 bits per heavy atom. The third-order valence-electron chi connectivity index (χ3n) is 23.6. The van der Waals surface area contributed by atoms with Crippen LogP contribution in [0.5, 0.6) is 0 Å². The van der Waals surface area contributed by atoms with Crippen LogP contribution < -0.4 is 26.6 Å². The van der Waals surface area contributed by atoms with E-state index in [-0.39, 0.29) is 109 Å². The van der Waals surface area contributed by atoms with Crippen molar-refractivity contribution in [1.29, 1.82) is 0 Å². The molecule has 628 valence electrons. The summed E-state index contributed by atoms with van der Waals surface area (Å²) in [5.74, 6) is 4.85. The van der Waals surface area contributed by atoms with Crippen LogP contribution in [0.1, 0.15) is 215 Å². The van der Waals surface area contributed by atoms with E-state index in [4.69, 9.17) is 62.0 Å². The first-order valence-corrected chi connectivity index (χ1v) is 42.0. The Hall–Kier alpha value is -4.50. The van der Waals surface area contributed by atoms with Gasteiger partial charge < -0.3 is 81.0 Å². The minimum atomic E-state index is -3.36. The van der Waals surface area contributed by atoms with Crippen molar-refractivity contribution in [2.75, 3.05) is 72.5 Å². The van der Waals surface area contributed by atoms with Gasteiger partial charge in [0.25, 0.3) is 5.91 Å². The molecule has 0 aliphatic carbocycles. The number of nitrogens with zero attached hydrogens (tertiary/aromatic N) is 5. The van der Waals surface area contributed by atoms with Gasteiger partial charge in [-0.15, -0.1) is 0 Å². The number of amides is 6. The Labute approximate surface area is 665 Å². The SMILES string of the molecule is CC(C)(O)C1C[C@@H]2COC(C)(C)N2C1=O.CC(C)=C1C[C@@H]2COC(C)(C)N2C1=O.CC(C)=C1C[C@H](CO)NC1=O.CC(C)C1CN[C@@H](CO)C1.CC(C)C1CN[C@@H](Cc2c(Cl)cncc2Cl)C1.CC(C)C1C[C@@H]2COS(=O)(=O)N2C1.CC(C)C1C[C@H](CO)NC1=O.CC1(C)OC[C@H]2CCC(=O)N21.O=C1CC[C@H](CO)N1. The number of aromatic nitrogens is 1. The zero-order chi connectivity index (χ0) is 82.5. The van der Waals surface area contributed by atoms with Crippen molar-refractivity contribution in [3.8, 4) is 0 Å². The molecule has 0 bridgehead atoms. The van der Waals surface area contributed by atoms with Gasteiger partial charge in [-0.25, -0.2) is 0 Å². The molecule has 13 aliphatic rings. The van der Waals surface area contributed by atoms with Gasteiger partial charge in [0.2, 0.25) is 29.5 Å². The van der Waals surface area contributed by atoms with Gasteiger partial charge in [0.05, 0.1) is 117 Å². The first kappa shape index (κ1) is 94.4. The van der Waals surface area contributed by atoms with E-state index in [1.165, 1.54) is 10.7 Å². The minimum Gasteiger partial charge on any atom is -0.395 e. The van der Waals surface area contributed by atoms with Crippen LogP contribution >= 0.6 is 23.2 Å². The molecule has 0 saturated carbocycles. The van der Waals surface area contributed by atoms with Crippen molar-refractivity contribution in [2.24, 2.45) is 53.3 Å². The summed E-state index contributed by atoms with van der Waals surface area (Å²) in [5.41, 5.74) is 2.79. The molecule has 0 radical (unpaired) electrons. The number of carbonyl (C=O) groups is 6. The van der Waals surface area contributed by atoms with Crippen molar-refractivity contribution in [2.45, 2.75) is 293 Å². The van der Waals surface area contributed by atoms with Crippen LogP contribution in [0.4, 0.5) is 0 Å². The number of nitrogens with one attached hydrogen (secondary N) is 5. The lowest BCUT2D eigenvalue weighted by atomic mass is 9.88. The number of allylic oxidation sites excluding steroid dienone is 2. The minimum absolute atomic E-state index is 0.00472. The molecule has 1 aromatic heterocycles. The number of aliphatic hydroxyl groups is 5. The molecule has 14 rings (SSSR count). The molecule has 0 spiro atoms. The Morgan fingerprint density at radius 3 is 1.50 bits per heavy atom. The van der Waals surface area contributed by atoms with Crippen LogP contribution in [0.3, 0.4) is 0 Å². The zero-order valence-electron chi connectivity index (χ0n) is 69.3. The van der Waals surface area contributed by atoms with E-state index in [0.717, 1.165) is 116 Å². The second-order valence-corrected chi connectivity index (χ2v) is 37.8. The summed E-state index contributed by atoms with van der Waals surface area (Å²) in [5, 5.41) is 60.9. The number of pyridine rings is 1. The van der Waals surface area contributed by atoms with Gasteiger partial charge in [-0.3, -0.25) is 37.9 Å². The number of ether oxygens (including phenoxy) is 3. The molecule has 30 heteroatoms. The van der Waals surface area contributed by atoms with Crippen molar-refractivity contribution in [3.63, 3.8) is 0 Å². The van der Waals surface area contributed by atoms with Crippen molar-refractivity contribution < 1.29 is 81.1 Å². The van der Waals surface area contributed by atoms with Gasteiger partial charge in [-0.1, -0.05) is 89.7 Å². The molecule has 14 atom stereocenters. The predicted octanol–water partition coefficient (Wildman–Crippen LogP) is 7.56.